The molecule has 0 radical (unpaired) electrons. The van der Waals surface area contributed by atoms with Gasteiger partial charge in [0.1, 0.15) is 22.3 Å². The van der Waals surface area contributed by atoms with Gasteiger partial charge in [-0.05, 0) is 60.0 Å². The van der Waals surface area contributed by atoms with E-state index < -0.39 is 6.29 Å². The number of hydrogen-bond acceptors (Lipinski definition) is 5. The van der Waals surface area contributed by atoms with Crippen molar-refractivity contribution in [3.63, 3.8) is 0 Å². The molecule has 5 nitrogen and oxygen atoms in total. The van der Waals surface area contributed by atoms with Crippen molar-refractivity contribution < 1.29 is 8.83 Å². The van der Waals surface area contributed by atoms with Crippen LogP contribution in [0.25, 0.3) is 55.0 Å². The predicted octanol–water partition coefficient (Wildman–Crippen LogP) is 10.0. The van der Waals surface area contributed by atoms with Gasteiger partial charge in [-0.2, -0.15) is 0 Å². The summed E-state index contributed by atoms with van der Waals surface area (Å²) in [5.74, 6) is 0. The highest BCUT2D eigenvalue weighted by atomic mass is 16.3. The van der Waals surface area contributed by atoms with Gasteiger partial charge in [0.25, 0.3) is 0 Å². The fraction of sp³-hybridized carbons (Fsp3) is 0.0513. The van der Waals surface area contributed by atoms with E-state index in [2.05, 4.69) is 89.8 Å². The third-order valence-corrected chi connectivity index (χ3v) is 8.28. The van der Waals surface area contributed by atoms with Crippen LogP contribution in [0.2, 0.25) is 0 Å². The van der Waals surface area contributed by atoms with Crippen LogP contribution in [-0.2, 0) is 0 Å². The average Bonchev–Trinajstić information content (AvgIpc) is 3.64. The van der Waals surface area contributed by atoms with Crippen LogP contribution in [0, 0.1) is 0 Å². The molecule has 44 heavy (non-hydrogen) atoms. The number of furan rings is 2. The van der Waals surface area contributed by atoms with Crippen molar-refractivity contribution in [3.8, 4) is 11.1 Å². The van der Waals surface area contributed by atoms with E-state index in [9.17, 15) is 0 Å². The van der Waals surface area contributed by atoms with Gasteiger partial charge in [0.05, 0.1) is 11.1 Å². The summed E-state index contributed by atoms with van der Waals surface area (Å²) < 4.78 is 12.5. The zero-order valence-corrected chi connectivity index (χ0v) is 24.1. The molecular formula is C39H29N3O2. The summed E-state index contributed by atoms with van der Waals surface area (Å²) in [7, 11) is 0. The number of benzene rings is 6. The number of rotatable bonds is 6. The van der Waals surface area contributed by atoms with E-state index in [1.165, 1.54) is 5.56 Å². The molecule has 0 spiro atoms. The van der Waals surface area contributed by atoms with E-state index >= 15 is 0 Å². The largest absolute Gasteiger partial charge is 0.456 e. The Morgan fingerprint density at radius 3 is 2.00 bits per heavy atom. The topological polar surface area (TPSA) is 67.9 Å². The molecule has 8 aromatic rings. The molecule has 1 atom stereocenters. The maximum atomic E-state index is 7.04. The Kier molecular flexibility index (Phi) is 6.25. The molecule has 0 aliphatic heterocycles. The van der Waals surface area contributed by atoms with Gasteiger partial charge in [0.15, 0.2) is 6.29 Å². The van der Waals surface area contributed by atoms with Crippen molar-refractivity contribution in [3.05, 3.63) is 145 Å². The first-order valence-corrected chi connectivity index (χ1v) is 14.7. The lowest BCUT2D eigenvalue weighted by Gasteiger charge is -2.29. The summed E-state index contributed by atoms with van der Waals surface area (Å²) in [6.45, 7) is 2.01. The molecule has 6 aromatic carbocycles. The standard InChI is InChI=1S/C39H29N3O2/c1-25(26-18-20-28(21-19-26)27-10-3-2-4-11-27)41-39(40)42(29-22-23-31-30-12-5-7-15-34(30)44-37(31)24-29)33-14-9-17-36-38(33)32-13-6-8-16-35(32)43-36/h2-24,39H,40H2,1H3. The van der Waals surface area contributed by atoms with E-state index in [4.69, 9.17) is 19.6 Å². The van der Waals surface area contributed by atoms with Gasteiger partial charge in [-0.3, -0.25) is 5.73 Å². The molecule has 0 saturated carbocycles. The molecule has 2 N–H and O–H groups in total. The highest BCUT2D eigenvalue weighted by Gasteiger charge is 2.23. The van der Waals surface area contributed by atoms with Crippen LogP contribution in [0.5, 0.6) is 0 Å². The first kappa shape index (κ1) is 26.0. The Morgan fingerprint density at radius 2 is 1.20 bits per heavy atom. The Labute approximate surface area is 254 Å². The van der Waals surface area contributed by atoms with E-state index in [1.54, 1.807) is 0 Å². The Morgan fingerprint density at radius 1 is 0.591 bits per heavy atom. The van der Waals surface area contributed by atoms with E-state index in [0.717, 1.165) is 72.1 Å². The van der Waals surface area contributed by atoms with Crippen molar-refractivity contribution in [1.82, 2.24) is 0 Å². The van der Waals surface area contributed by atoms with Gasteiger partial charge in [0.2, 0.25) is 0 Å². The Bertz CT molecular complexity index is 2310. The lowest BCUT2D eigenvalue weighted by Crippen LogP contribution is -2.38. The van der Waals surface area contributed by atoms with Crippen molar-refractivity contribution in [2.24, 2.45) is 10.7 Å². The van der Waals surface area contributed by atoms with Gasteiger partial charge in [-0.1, -0.05) is 97.1 Å². The number of hydrogen-bond donors (Lipinski definition) is 1. The summed E-state index contributed by atoms with van der Waals surface area (Å²) in [4.78, 5) is 7.12. The van der Waals surface area contributed by atoms with E-state index in [0.29, 0.717) is 0 Å². The molecule has 212 valence electrons. The Hall–Kier alpha value is -5.65. The fourth-order valence-electron chi connectivity index (χ4n) is 6.12. The number of nitrogens with zero attached hydrogens (tertiary/aromatic N) is 2. The molecule has 2 heterocycles. The van der Waals surface area contributed by atoms with Crippen LogP contribution in [0.3, 0.4) is 0 Å². The molecule has 0 bridgehead atoms. The number of nitrogens with two attached hydrogens (primary N) is 1. The van der Waals surface area contributed by atoms with Crippen LogP contribution in [0.15, 0.2) is 153 Å². The monoisotopic (exact) mass is 571 g/mol. The molecule has 0 aliphatic carbocycles. The highest BCUT2D eigenvalue weighted by molar-refractivity contribution is 6.13. The summed E-state index contributed by atoms with van der Waals surface area (Å²) in [5.41, 5.74) is 16.3. The first-order chi connectivity index (χ1) is 21.6. The number of fused-ring (bicyclic) bond motifs is 6. The van der Waals surface area contributed by atoms with Crippen LogP contribution in [0.4, 0.5) is 11.4 Å². The van der Waals surface area contributed by atoms with Crippen LogP contribution in [-0.4, -0.2) is 12.0 Å². The fourth-order valence-corrected chi connectivity index (χ4v) is 6.12. The number of para-hydroxylation sites is 2. The van der Waals surface area contributed by atoms with Crippen molar-refractivity contribution in [2.75, 3.05) is 4.90 Å². The van der Waals surface area contributed by atoms with Gasteiger partial charge >= 0.3 is 0 Å². The maximum absolute atomic E-state index is 7.04. The molecule has 1 unspecified atom stereocenters. The van der Waals surface area contributed by atoms with E-state index in [1.807, 2.05) is 61.5 Å². The molecular weight excluding hydrogens is 542 g/mol. The molecule has 2 aromatic heterocycles. The summed E-state index contributed by atoms with van der Waals surface area (Å²) in [5, 5.41) is 4.16. The van der Waals surface area contributed by atoms with Gasteiger partial charge in [-0.25, -0.2) is 4.99 Å². The van der Waals surface area contributed by atoms with Crippen molar-refractivity contribution >= 4 is 61.0 Å². The summed E-state index contributed by atoms with van der Waals surface area (Å²) >= 11 is 0. The predicted molar refractivity (Wildman–Crippen MR) is 182 cm³/mol. The van der Waals surface area contributed by atoms with Crippen LogP contribution in [0.1, 0.15) is 12.5 Å². The SMILES string of the molecule is CC(=NC(N)N(c1ccc2c(c1)oc1ccccc12)c1cccc2oc3ccccc3c12)c1ccc(-c2ccccc2)cc1. The van der Waals surface area contributed by atoms with Gasteiger partial charge in [-0.15, -0.1) is 0 Å². The quantitative estimate of drug-likeness (QED) is 0.159. The van der Waals surface area contributed by atoms with Crippen LogP contribution >= 0.6 is 0 Å². The van der Waals surface area contributed by atoms with Gasteiger partial charge in [0, 0.05) is 33.6 Å². The smallest absolute Gasteiger partial charge is 0.178 e. The number of aliphatic imine (C=N–C) groups is 1. The lowest BCUT2D eigenvalue weighted by atomic mass is 10.0. The zero-order valence-electron chi connectivity index (χ0n) is 24.1. The van der Waals surface area contributed by atoms with Gasteiger partial charge < -0.3 is 13.7 Å². The molecule has 0 saturated heterocycles. The maximum Gasteiger partial charge on any atom is 0.178 e. The second kappa shape index (κ2) is 10.6. The summed E-state index contributed by atoms with van der Waals surface area (Å²) in [6, 6.07) is 47.3. The van der Waals surface area contributed by atoms with E-state index in [-0.39, 0.29) is 0 Å². The molecule has 0 aliphatic rings. The number of anilines is 2. The van der Waals surface area contributed by atoms with Crippen molar-refractivity contribution in [1.29, 1.82) is 0 Å². The summed E-state index contributed by atoms with van der Waals surface area (Å²) in [6.07, 6.45) is -0.732. The highest BCUT2D eigenvalue weighted by Crippen LogP contribution is 2.41. The second-order valence-corrected chi connectivity index (χ2v) is 11.0. The lowest BCUT2D eigenvalue weighted by molar-refractivity contribution is 0.667. The van der Waals surface area contributed by atoms with Crippen LogP contribution < -0.4 is 10.6 Å². The minimum atomic E-state index is -0.732. The first-order valence-electron chi connectivity index (χ1n) is 14.7. The molecule has 5 heteroatoms. The zero-order chi connectivity index (χ0) is 29.6. The molecule has 0 amide bonds. The van der Waals surface area contributed by atoms with Crippen molar-refractivity contribution in [2.45, 2.75) is 13.2 Å². The third kappa shape index (κ3) is 4.42. The average molecular weight is 572 g/mol. The second-order valence-electron chi connectivity index (χ2n) is 11.0. The molecule has 8 rings (SSSR count). The Balaban J connectivity index is 1.26. The minimum absolute atomic E-state index is 0.732. The normalized spacial score (nSPS) is 12.8. The molecule has 0 fully saturated rings. The third-order valence-electron chi connectivity index (χ3n) is 8.28. The minimum Gasteiger partial charge on any atom is -0.456 e.